The molecule has 0 bridgehead atoms. The summed E-state index contributed by atoms with van der Waals surface area (Å²) in [5.74, 6) is -1.61. The maximum absolute atomic E-state index is 11.9. The Balaban J connectivity index is 2.75. The van der Waals surface area contributed by atoms with Crippen LogP contribution in [-0.2, 0) is 9.59 Å². The lowest BCUT2D eigenvalue weighted by Crippen LogP contribution is -2.40. The van der Waals surface area contributed by atoms with Crippen molar-refractivity contribution < 1.29 is 9.59 Å². The maximum Gasteiger partial charge on any atom is 0.233 e. The van der Waals surface area contributed by atoms with Crippen LogP contribution in [0.4, 0.5) is 0 Å². The van der Waals surface area contributed by atoms with Crippen LogP contribution in [-0.4, -0.2) is 11.8 Å². The second-order valence-electron chi connectivity index (χ2n) is 4.24. The zero-order valence-corrected chi connectivity index (χ0v) is 10.8. The average Bonchev–Trinajstić information content (AvgIpc) is 2.37. The van der Waals surface area contributed by atoms with Crippen molar-refractivity contribution >= 4 is 11.8 Å². The van der Waals surface area contributed by atoms with Gasteiger partial charge < -0.3 is 11.1 Å². The fourth-order valence-electron chi connectivity index (χ4n) is 1.89. The predicted molar refractivity (Wildman–Crippen MR) is 70.6 cm³/mol. The van der Waals surface area contributed by atoms with Gasteiger partial charge in [-0.25, -0.2) is 0 Å². The number of hydrogen-bond acceptors (Lipinski definition) is 2. The molecule has 0 aliphatic carbocycles. The fourth-order valence-corrected chi connectivity index (χ4v) is 1.89. The fraction of sp³-hybridized carbons (Fsp3) is 0.429. The van der Waals surface area contributed by atoms with Crippen molar-refractivity contribution in [2.45, 2.75) is 32.7 Å². The third kappa shape index (κ3) is 3.58. The topological polar surface area (TPSA) is 72.2 Å². The summed E-state index contributed by atoms with van der Waals surface area (Å²) in [6, 6.07) is 9.62. The minimum absolute atomic E-state index is 0.0768. The molecule has 0 radical (unpaired) electrons. The molecule has 4 nitrogen and oxygen atoms in total. The van der Waals surface area contributed by atoms with Crippen LogP contribution in [0.25, 0.3) is 0 Å². The van der Waals surface area contributed by atoms with Crippen LogP contribution in [0.2, 0.25) is 0 Å². The number of rotatable bonds is 6. The predicted octanol–water partition coefficient (Wildman–Crippen LogP) is 1.77. The molecule has 2 unspecified atom stereocenters. The molecule has 1 aromatic carbocycles. The molecule has 2 atom stereocenters. The Hall–Kier alpha value is -1.84. The summed E-state index contributed by atoms with van der Waals surface area (Å²) in [5, 5.41) is 2.88. The van der Waals surface area contributed by atoms with E-state index in [9.17, 15) is 9.59 Å². The van der Waals surface area contributed by atoms with Crippen LogP contribution in [0.5, 0.6) is 0 Å². The van der Waals surface area contributed by atoms with E-state index in [-0.39, 0.29) is 11.9 Å². The first kappa shape index (κ1) is 14.2. The summed E-state index contributed by atoms with van der Waals surface area (Å²) in [4.78, 5) is 23.1. The molecule has 0 fully saturated rings. The Labute approximate surface area is 108 Å². The lowest BCUT2D eigenvalue weighted by Gasteiger charge is -2.20. The number of hydrogen-bond donors (Lipinski definition) is 2. The van der Waals surface area contributed by atoms with Gasteiger partial charge in [0, 0.05) is 0 Å². The molecule has 0 saturated heterocycles. The van der Waals surface area contributed by atoms with Gasteiger partial charge in [0.2, 0.25) is 11.8 Å². The van der Waals surface area contributed by atoms with Gasteiger partial charge in [-0.3, -0.25) is 9.59 Å². The summed E-state index contributed by atoms with van der Waals surface area (Å²) in [6.07, 6.45) is 1.19. The van der Waals surface area contributed by atoms with E-state index in [4.69, 9.17) is 5.73 Å². The normalized spacial score (nSPS) is 13.7. The molecule has 98 valence electrons. The number of benzene rings is 1. The van der Waals surface area contributed by atoms with Crippen molar-refractivity contribution in [1.82, 2.24) is 5.32 Å². The summed E-state index contributed by atoms with van der Waals surface area (Å²) < 4.78 is 0. The molecular weight excluding hydrogens is 228 g/mol. The van der Waals surface area contributed by atoms with Gasteiger partial charge in [-0.1, -0.05) is 44.2 Å². The lowest BCUT2D eigenvalue weighted by atomic mass is 10.0. The monoisotopic (exact) mass is 248 g/mol. The van der Waals surface area contributed by atoms with Crippen molar-refractivity contribution in [3.8, 4) is 0 Å². The van der Waals surface area contributed by atoms with Gasteiger partial charge in [-0.2, -0.15) is 0 Å². The van der Waals surface area contributed by atoms with Crippen molar-refractivity contribution in [2.24, 2.45) is 11.7 Å². The van der Waals surface area contributed by atoms with E-state index in [1.165, 1.54) is 0 Å². The zero-order chi connectivity index (χ0) is 13.5. The van der Waals surface area contributed by atoms with E-state index in [2.05, 4.69) is 5.32 Å². The maximum atomic E-state index is 11.9. The van der Waals surface area contributed by atoms with E-state index in [0.29, 0.717) is 6.42 Å². The van der Waals surface area contributed by atoms with E-state index < -0.39 is 11.8 Å². The summed E-state index contributed by atoms with van der Waals surface area (Å²) in [7, 11) is 0. The van der Waals surface area contributed by atoms with Crippen molar-refractivity contribution in [3.05, 3.63) is 35.9 Å². The van der Waals surface area contributed by atoms with E-state index in [1.807, 2.05) is 37.3 Å². The Morgan fingerprint density at radius 2 is 1.78 bits per heavy atom. The van der Waals surface area contributed by atoms with Crippen LogP contribution in [0.1, 0.15) is 38.3 Å². The molecule has 0 spiro atoms. The first-order chi connectivity index (χ1) is 8.60. The van der Waals surface area contributed by atoms with E-state index in [1.54, 1.807) is 6.92 Å². The Morgan fingerprint density at radius 1 is 1.17 bits per heavy atom. The third-order valence-corrected chi connectivity index (χ3v) is 2.99. The molecule has 3 N–H and O–H groups in total. The minimum Gasteiger partial charge on any atom is -0.369 e. The molecule has 0 aromatic heterocycles. The Kier molecular flexibility index (Phi) is 5.36. The molecule has 0 heterocycles. The van der Waals surface area contributed by atoms with Gasteiger partial charge in [0.25, 0.3) is 0 Å². The summed E-state index contributed by atoms with van der Waals surface area (Å²) >= 11 is 0. The van der Waals surface area contributed by atoms with Gasteiger partial charge in [0.1, 0.15) is 5.92 Å². The van der Waals surface area contributed by atoms with Crippen LogP contribution in [0.15, 0.2) is 30.3 Å². The number of carbonyl (C=O) groups excluding carboxylic acids is 2. The summed E-state index contributed by atoms with van der Waals surface area (Å²) in [6.45, 7) is 3.77. The first-order valence-electron chi connectivity index (χ1n) is 6.24. The smallest absolute Gasteiger partial charge is 0.233 e. The third-order valence-electron chi connectivity index (χ3n) is 2.99. The number of nitrogens with one attached hydrogen (secondary N) is 1. The quantitative estimate of drug-likeness (QED) is 0.753. The SMILES string of the molecule is CCC(C(N)=O)C(=O)NC(CC)c1ccccc1. The van der Waals surface area contributed by atoms with Gasteiger partial charge in [0.15, 0.2) is 0 Å². The molecular formula is C14H20N2O2. The van der Waals surface area contributed by atoms with E-state index in [0.717, 1.165) is 12.0 Å². The zero-order valence-electron chi connectivity index (χ0n) is 10.8. The highest BCUT2D eigenvalue weighted by Gasteiger charge is 2.24. The Morgan fingerprint density at radius 3 is 2.22 bits per heavy atom. The van der Waals surface area contributed by atoms with Crippen molar-refractivity contribution in [1.29, 1.82) is 0 Å². The van der Waals surface area contributed by atoms with Gasteiger partial charge in [0.05, 0.1) is 6.04 Å². The lowest BCUT2D eigenvalue weighted by molar-refractivity contribution is -0.134. The number of amides is 2. The summed E-state index contributed by atoms with van der Waals surface area (Å²) in [5.41, 5.74) is 6.24. The number of primary amides is 1. The van der Waals surface area contributed by atoms with Gasteiger partial charge in [-0.05, 0) is 18.4 Å². The minimum atomic E-state index is -0.747. The molecule has 0 saturated carbocycles. The van der Waals surface area contributed by atoms with Crippen molar-refractivity contribution in [3.63, 3.8) is 0 Å². The molecule has 2 amide bonds. The van der Waals surface area contributed by atoms with Crippen molar-refractivity contribution in [2.75, 3.05) is 0 Å². The van der Waals surface area contributed by atoms with Gasteiger partial charge in [-0.15, -0.1) is 0 Å². The van der Waals surface area contributed by atoms with Gasteiger partial charge >= 0.3 is 0 Å². The standard InChI is InChI=1S/C14H20N2O2/c1-3-11(13(15)17)14(18)16-12(4-2)10-8-6-5-7-9-10/h5-9,11-12H,3-4H2,1-2H3,(H2,15,17)(H,16,18). The highest BCUT2D eigenvalue weighted by Crippen LogP contribution is 2.17. The molecule has 1 aromatic rings. The molecule has 1 rings (SSSR count). The second kappa shape index (κ2) is 6.79. The molecule has 18 heavy (non-hydrogen) atoms. The van der Waals surface area contributed by atoms with Crippen LogP contribution in [0.3, 0.4) is 0 Å². The highest BCUT2D eigenvalue weighted by molar-refractivity contribution is 5.99. The number of nitrogens with two attached hydrogens (primary N) is 1. The Bertz CT molecular complexity index is 404. The largest absolute Gasteiger partial charge is 0.369 e. The van der Waals surface area contributed by atoms with Crippen LogP contribution in [0, 0.1) is 5.92 Å². The van der Waals surface area contributed by atoms with Crippen LogP contribution >= 0.6 is 0 Å². The van der Waals surface area contributed by atoms with Crippen LogP contribution < -0.4 is 11.1 Å². The second-order valence-corrected chi connectivity index (χ2v) is 4.24. The number of carbonyl (C=O) groups is 2. The molecule has 4 heteroatoms. The first-order valence-corrected chi connectivity index (χ1v) is 6.24. The molecule has 0 aliphatic rings. The average molecular weight is 248 g/mol. The van der Waals surface area contributed by atoms with E-state index >= 15 is 0 Å². The highest BCUT2D eigenvalue weighted by atomic mass is 16.2. The molecule has 0 aliphatic heterocycles.